The Hall–Kier alpha value is -2.74. The summed E-state index contributed by atoms with van der Waals surface area (Å²) < 4.78 is 6.67. The van der Waals surface area contributed by atoms with Gasteiger partial charge in [-0.15, -0.1) is 0 Å². The predicted octanol–water partition coefficient (Wildman–Crippen LogP) is 0.317. The van der Waals surface area contributed by atoms with Crippen LogP contribution < -0.4 is 10.6 Å². The Labute approximate surface area is 145 Å². The van der Waals surface area contributed by atoms with Crippen molar-refractivity contribution in [3.8, 4) is 0 Å². The summed E-state index contributed by atoms with van der Waals surface area (Å²) in [4.78, 5) is 28.4. The van der Waals surface area contributed by atoms with Gasteiger partial charge in [0.25, 0.3) is 11.8 Å². The molecule has 0 radical (unpaired) electrons. The van der Waals surface area contributed by atoms with E-state index >= 15 is 0 Å². The molecule has 25 heavy (non-hydrogen) atoms. The first kappa shape index (κ1) is 17.1. The molecule has 2 amide bonds. The summed E-state index contributed by atoms with van der Waals surface area (Å²) in [7, 11) is 1.58. The molecule has 0 saturated heterocycles. The quantitative estimate of drug-likeness (QED) is 0.736. The first-order valence-corrected chi connectivity index (χ1v) is 8.14. The number of carbonyl (C=O) groups excluding carboxylic acids is 2. The molecule has 2 N–H and O–H groups in total. The molecule has 0 saturated carbocycles. The Kier molecular flexibility index (Phi) is 5.08. The number of aromatic nitrogens is 3. The Morgan fingerprint density at radius 3 is 2.92 bits per heavy atom. The Morgan fingerprint density at radius 2 is 2.20 bits per heavy atom. The van der Waals surface area contributed by atoms with E-state index < -0.39 is 0 Å². The maximum Gasteiger partial charge on any atom is 0.271 e. The van der Waals surface area contributed by atoms with Crippen LogP contribution in [0.25, 0.3) is 0 Å². The SMILES string of the molecule is COCCNC(=O)c1cc2n(n1)C[C@@H](NC(=O)c1ccnc(C)c1)C2. The molecule has 0 aromatic carbocycles. The van der Waals surface area contributed by atoms with Gasteiger partial charge < -0.3 is 15.4 Å². The topological polar surface area (TPSA) is 98.1 Å². The number of nitrogens with zero attached hydrogens (tertiary/aromatic N) is 3. The van der Waals surface area contributed by atoms with Gasteiger partial charge in [0.2, 0.25) is 0 Å². The highest BCUT2D eigenvalue weighted by atomic mass is 16.5. The zero-order chi connectivity index (χ0) is 17.8. The van der Waals surface area contributed by atoms with E-state index in [4.69, 9.17) is 4.74 Å². The third-order valence-corrected chi connectivity index (χ3v) is 4.03. The molecule has 8 heteroatoms. The van der Waals surface area contributed by atoms with Gasteiger partial charge in [-0.05, 0) is 25.1 Å². The van der Waals surface area contributed by atoms with Crippen molar-refractivity contribution < 1.29 is 14.3 Å². The van der Waals surface area contributed by atoms with E-state index in [0.717, 1.165) is 11.4 Å². The molecule has 0 aliphatic carbocycles. The van der Waals surface area contributed by atoms with E-state index in [1.54, 1.807) is 36.2 Å². The molecular weight excluding hydrogens is 322 g/mol. The predicted molar refractivity (Wildman–Crippen MR) is 90.4 cm³/mol. The molecule has 1 aliphatic rings. The van der Waals surface area contributed by atoms with Crippen molar-refractivity contribution in [1.29, 1.82) is 0 Å². The van der Waals surface area contributed by atoms with Crippen LogP contribution in [-0.4, -0.2) is 52.9 Å². The van der Waals surface area contributed by atoms with Crippen LogP contribution in [-0.2, 0) is 17.7 Å². The van der Waals surface area contributed by atoms with Crippen LogP contribution in [0.15, 0.2) is 24.4 Å². The van der Waals surface area contributed by atoms with E-state index in [-0.39, 0.29) is 17.9 Å². The zero-order valence-corrected chi connectivity index (χ0v) is 14.3. The van der Waals surface area contributed by atoms with Crippen LogP contribution in [0.1, 0.15) is 32.2 Å². The van der Waals surface area contributed by atoms with E-state index in [0.29, 0.717) is 37.4 Å². The van der Waals surface area contributed by atoms with Gasteiger partial charge in [-0.3, -0.25) is 19.3 Å². The summed E-state index contributed by atoms with van der Waals surface area (Å²) >= 11 is 0. The second-order valence-electron chi connectivity index (χ2n) is 6.01. The van der Waals surface area contributed by atoms with E-state index in [1.807, 2.05) is 6.92 Å². The lowest BCUT2D eigenvalue weighted by atomic mass is 10.1. The van der Waals surface area contributed by atoms with Gasteiger partial charge in [-0.25, -0.2) is 0 Å². The second kappa shape index (κ2) is 7.43. The maximum atomic E-state index is 12.3. The van der Waals surface area contributed by atoms with Gasteiger partial charge in [0.05, 0.1) is 19.2 Å². The fourth-order valence-corrected chi connectivity index (χ4v) is 2.82. The van der Waals surface area contributed by atoms with Crippen LogP contribution in [0.4, 0.5) is 0 Å². The summed E-state index contributed by atoms with van der Waals surface area (Å²) in [5.74, 6) is -0.342. The minimum Gasteiger partial charge on any atom is -0.383 e. The summed E-state index contributed by atoms with van der Waals surface area (Å²) in [6, 6.07) is 5.18. The minimum atomic E-state index is -0.216. The normalized spacial score (nSPS) is 15.7. The first-order chi connectivity index (χ1) is 12.1. The van der Waals surface area contributed by atoms with E-state index in [9.17, 15) is 9.59 Å². The molecule has 0 bridgehead atoms. The van der Waals surface area contributed by atoms with Crippen LogP contribution >= 0.6 is 0 Å². The van der Waals surface area contributed by atoms with Gasteiger partial charge in [-0.2, -0.15) is 5.10 Å². The monoisotopic (exact) mass is 343 g/mol. The number of pyridine rings is 1. The molecule has 8 nitrogen and oxygen atoms in total. The fourth-order valence-electron chi connectivity index (χ4n) is 2.82. The van der Waals surface area contributed by atoms with Crippen LogP contribution in [0.2, 0.25) is 0 Å². The Bertz CT molecular complexity index is 763. The Balaban J connectivity index is 1.56. The molecule has 132 valence electrons. The number of carbonyl (C=O) groups is 2. The molecule has 2 aromatic rings. The second-order valence-corrected chi connectivity index (χ2v) is 6.01. The fraction of sp³-hybridized carbons (Fsp3) is 0.412. The van der Waals surface area contributed by atoms with Crippen molar-refractivity contribution in [3.63, 3.8) is 0 Å². The van der Waals surface area contributed by atoms with E-state index in [1.165, 1.54) is 0 Å². The molecular formula is C17H21N5O3. The van der Waals surface area contributed by atoms with Crippen molar-refractivity contribution in [2.24, 2.45) is 0 Å². The molecule has 2 aromatic heterocycles. The maximum absolute atomic E-state index is 12.3. The lowest BCUT2D eigenvalue weighted by molar-refractivity contribution is 0.0921. The highest BCUT2D eigenvalue weighted by Crippen LogP contribution is 2.16. The van der Waals surface area contributed by atoms with Crippen molar-refractivity contribution >= 4 is 11.8 Å². The highest BCUT2D eigenvalue weighted by molar-refractivity contribution is 5.94. The lowest BCUT2D eigenvalue weighted by Crippen LogP contribution is -2.36. The Morgan fingerprint density at radius 1 is 1.36 bits per heavy atom. The van der Waals surface area contributed by atoms with E-state index in [2.05, 4.69) is 20.7 Å². The van der Waals surface area contributed by atoms with Gasteiger partial charge in [0.1, 0.15) is 5.69 Å². The molecule has 0 fully saturated rings. The number of amides is 2. The number of hydrogen-bond donors (Lipinski definition) is 2. The zero-order valence-electron chi connectivity index (χ0n) is 14.3. The van der Waals surface area contributed by atoms with Crippen LogP contribution in [0.3, 0.4) is 0 Å². The van der Waals surface area contributed by atoms with Gasteiger partial charge >= 0.3 is 0 Å². The van der Waals surface area contributed by atoms with Crippen LogP contribution in [0.5, 0.6) is 0 Å². The first-order valence-electron chi connectivity index (χ1n) is 8.14. The molecule has 3 heterocycles. The summed E-state index contributed by atoms with van der Waals surface area (Å²) in [6.07, 6.45) is 2.27. The standard InChI is InChI=1S/C17H21N5O3/c1-11-7-12(3-4-18-11)16(23)20-13-8-14-9-15(21-22(14)10-13)17(24)19-5-6-25-2/h3-4,7,9,13H,5-6,8,10H2,1-2H3,(H,19,24)(H,20,23)/t13-/m0/s1. The van der Waals surface area contributed by atoms with Crippen molar-refractivity contribution in [3.05, 3.63) is 47.0 Å². The molecule has 0 unspecified atom stereocenters. The number of hydrogen-bond acceptors (Lipinski definition) is 5. The van der Waals surface area contributed by atoms with Crippen molar-refractivity contribution in [2.45, 2.75) is 25.9 Å². The molecule has 1 atom stereocenters. The van der Waals surface area contributed by atoms with Gasteiger partial charge in [0.15, 0.2) is 0 Å². The number of aryl methyl sites for hydroxylation is 1. The largest absolute Gasteiger partial charge is 0.383 e. The van der Waals surface area contributed by atoms with Crippen LogP contribution in [0, 0.1) is 6.92 Å². The smallest absolute Gasteiger partial charge is 0.271 e. The average Bonchev–Trinajstić information content (AvgIpc) is 3.13. The third kappa shape index (κ3) is 4.03. The lowest BCUT2D eigenvalue weighted by Gasteiger charge is -2.12. The number of methoxy groups -OCH3 is 1. The highest BCUT2D eigenvalue weighted by Gasteiger charge is 2.26. The number of nitrogens with one attached hydrogen (secondary N) is 2. The molecule has 3 rings (SSSR count). The number of rotatable bonds is 6. The van der Waals surface area contributed by atoms with Gasteiger partial charge in [-0.1, -0.05) is 0 Å². The number of fused-ring (bicyclic) bond motifs is 1. The van der Waals surface area contributed by atoms with Crippen molar-refractivity contribution in [1.82, 2.24) is 25.4 Å². The molecule has 1 aliphatic heterocycles. The van der Waals surface area contributed by atoms with Crippen molar-refractivity contribution in [2.75, 3.05) is 20.3 Å². The third-order valence-electron chi connectivity index (χ3n) is 4.03. The average molecular weight is 343 g/mol. The van der Waals surface area contributed by atoms with Gasteiger partial charge in [0, 0.05) is 43.2 Å². The number of ether oxygens (including phenoxy) is 1. The molecule has 0 spiro atoms. The summed E-state index contributed by atoms with van der Waals surface area (Å²) in [6.45, 7) is 3.31. The summed E-state index contributed by atoms with van der Waals surface area (Å²) in [5.41, 5.74) is 2.72. The summed E-state index contributed by atoms with van der Waals surface area (Å²) in [5, 5.41) is 10.1. The minimum absolute atomic E-state index is 0.0333.